The highest BCUT2D eigenvalue weighted by molar-refractivity contribution is 6.02. The molecule has 1 amide bonds. The normalized spacial score (nSPS) is 24.0. The van der Waals surface area contributed by atoms with Crippen LogP contribution in [0.25, 0.3) is 22.4 Å². The number of hydrogen-bond donors (Lipinski definition) is 3. The van der Waals surface area contributed by atoms with Gasteiger partial charge in [0.15, 0.2) is 0 Å². The van der Waals surface area contributed by atoms with Crippen molar-refractivity contribution >= 4 is 34.1 Å². The lowest BCUT2D eigenvalue weighted by molar-refractivity contribution is -0.119. The highest BCUT2D eigenvalue weighted by atomic mass is 19.1. The first kappa shape index (κ1) is 37.7. The minimum atomic E-state index is -1.34. The Labute approximate surface area is 315 Å². The van der Waals surface area contributed by atoms with E-state index in [2.05, 4.69) is 27.6 Å². The highest BCUT2D eigenvalue weighted by Gasteiger charge is 2.57. The summed E-state index contributed by atoms with van der Waals surface area (Å²) in [6.07, 6.45) is 13.1. The molecule has 3 saturated heterocycles. The summed E-state index contributed by atoms with van der Waals surface area (Å²) in [7, 11) is 0. The lowest BCUT2D eigenvalue weighted by atomic mass is 9.79. The van der Waals surface area contributed by atoms with Crippen molar-refractivity contribution in [3.05, 3.63) is 65.1 Å². The van der Waals surface area contributed by atoms with Crippen molar-refractivity contribution in [3.8, 4) is 24.1 Å². The number of amides is 1. The number of nitrogens with one attached hydrogen (secondary N) is 1. The number of phenolic OH excluding ortho intramolecular Hbond substituents is 1. The van der Waals surface area contributed by atoms with E-state index < -0.39 is 23.1 Å². The van der Waals surface area contributed by atoms with Crippen molar-refractivity contribution in [1.29, 1.82) is 0 Å². The minimum Gasteiger partial charge on any atom is -0.508 e. The molecule has 0 radical (unpaired) electrons. The largest absolute Gasteiger partial charge is 0.508 e. The van der Waals surface area contributed by atoms with Gasteiger partial charge < -0.3 is 29.9 Å². The SMILES string of the molecule is C#Cc1c(F)ccc2cc(O)cc(C3=Cc4nc(OC[C@]5(C(C)(C)O)C[C@@H](F)CN5C5CCOCC5)nc(N5CCCCC(NC(=O)C=C)C5)c4CC3)c12. The number of phenols is 1. The molecule has 4 aliphatic rings. The summed E-state index contributed by atoms with van der Waals surface area (Å²) in [5.74, 6) is 2.44. The van der Waals surface area contributed by atoms with E-state index in [0.29, 0.717) is 67.0 Å². The molecule has 3 aromatic rings. The Kier molecular flexibility index (Phi) is 10.7. The zero-order chi connectivity index (χ0) is 38.2. The third-order valence-corrected chi connectivity index (χ3v) is 11.7. The second kappa shape index (κ2) is 15.3. The molecular weight excluding hydrogens is 692 g/mol. The molecule has 1 aromatic heterocycles. The minimum absolute atomic E-state index is 0.0229. The molecule has 3 aliphatic heterocycles. The Hall–Kier alpha value is -4.57. The van der Waals surface area contributed by atoms with Gasteiger partial charge >= 0.3 is 6.01 Å². The quantitative estimate of drug-likeness (QED) is 0.187. The Balaban J connectivity index is 1.32. The molecule has 4 heterocycles. The van der Waals surface area contributed by atoms with Crippen LogP contribution in [-0.2, 0) is 16.0 Å². The Morgan fingerprint density at radius 2 is 2.00 bits per heavy atom. The molecule has 12 heteroatoms. The maximum absolute atomic E-state index is 15.5. The zero-order valence-electron chi connectivity index (χ0n) is 31.0. The number of rotatable bonds is 9. The van der Waals surface area contributed by atoms with Crippen LogP contribution >= 0.6 is 0 Å². The van der Waals surface area contributed by atoms with E-state index in [9.17, 15) is 15.0 Å². The van der Waals surface area contributed by atoms with Crippen molar-refractivity contribution in [3.63, 3.8) is 0 Å². The van der Waals surface area contributed by atoms with Crippen molar-refractivity contribution in [1.82, 2.24) is 20.2 Å². The van der Waals surface area contributed by atoms with Crippen LogP contribution in [0.2, 0.25) is 0 Å². The fraction of sp³-hybridized carbons (Fsp3) is 0.500. The van der Waals surface area contributed by atoms with E-state index in [1.165, 1.54) is 12.1 Å². The predicted octanol–water partition coefficient (Wildman–Crippen LogP) is 5.72. The van der Waals surface area contributed by atoms with Crippen LogP contribution in [0.15, 0.2) is 36.9 Å². The summed E-state index contributed by atoms with van der Waals surface area (Å²) in [6, 6.07) is 6.04. The van der Waals surface area contributed by atoms with Gasteiger partial charge in [-0.25, -0.2) is 8.78 Å². The average Bonchev–Trinajstić information content (AvgIpc) is 3.35. The molecule has 3 atom stereocenters. The van der Waals surface area contributed by atoms with Gasteiger partial charge in [0.1, 0.15) is 30.2 Å². The molecule has 0 bridgehead atoms. The van der Waals surface area contributed by atoms with Gasteiger partial charge in [0.25, 0.3) is 0 Å². The van der Waals surface area contributed by atoms with E-state index in [-0.39, 0.29) is 54.9 Å². The number of nitrogens with zero attached hydrogens (tertiary/aromatic N) is 4. The number of alkyl halides is 1. The zero-order valence-corrected chi connectivity index (χ0v) is 31.0. The molecule has 286 valence electrons. The second-order valence-corrected chi connectivity index (χ2v) is 15.5. The lowest BCUT2D eigenvalue weighted by Crippen LogP contribution is -2.65. The smallest absolute Gasteiger partial charge is 0.318 e. The Morgan fingerprint density at radius 1 is 1.20 bits per heavy atom. The number of likely N-dealkylation sites (tertiary alicyclic amines) is 1. The molecule has 3 fully saturated rings. The van der Waals surface area contributed by atoms with Crippen LogP contribution < -0.4 is 15.0 Å². The molecule has 7 rings (SSSR count). The van der Waals surface area contributed by atoms with Gasteiger partial charge in [-0.2, -0.15) is 9.97 Å². The van der Waals surface area contributed by atoms with Crippen LogP contribution in [0.4, 0.5) is 14.6 Å². The average molecular weight is 742 g/mol. The summed E-state index contributed by atoms with van der Waals surface area (Å²) < 4.78 is 42.6. The summed E-state index contributed by atoms with van der Waals surface area (Å²) in [4.78, 5) is 26.5. The van der Waals surface area contributed by atoms with Gasteiger partial charge in [-0.3, -0.25) is 9.69 Å². The molecule has 54 heavy (non-hydrogen) atoms. The number of carbonyl (C=O) groups excluding carboxylic acids is 1. The number of allylic oxidation sites excluding steroid dienone is 1. The number of hydrogen-bond acceptors (Lipinski definition) is 9. The topological polar surface area (TPSA) is 120 Å². The third kappa shape index (κ3) is 7.29. The number of halogens is 2. The first-order valence-corrected chi connectivity index (χ1v) is 19.0. The number of aromatic nitrogens is 2. The number of ether oxygens (including phenoxy) is 2. The standard InChI is InChI=1S/C42H49F2N5O5/c1-5-32-35(44)13-11-27-19-31(50)21-34(38(27)32)26-10-12-33-36(20-26)46-40(47-39(33)48-16-8-7-9-29(24-48)45-37(51)6-2)54-25-42(41(3,4)52)22-28(43)23-49(42)30-14-17-53-18-15-30/h1,6,11,13,19-21,28-30,50,52H,2,7-10,12,14-18,22-25H2,3-4H3,(H,45,51)/t28-,29?,42+/m1/s1. The number of fused-ring (bicyclic) bond motifs is 2. The van der Waals surface area contributed by atoms with Crippen LogP contribution in [0.1, 0.15) is 81.2 Å². The van der Waals surface area contributed by atoms with Gasteiger partial charge in [-0.15, -0.1) is 6.42 Å². The molecule has 1 unspecified atom stereocenters. The van der Waals surface area contributed by atoms with Gasteiger partial charge in [0, 0.05) is 62.3 Å². The monoisotopic (exact) mass is 741 g/mol. The number of terminal acetylenes is 1. The van der Waals surface area contributed by atoms with Crippen LogP contribution in [-0.4, -0.2) is 99.8 Å². The lowest BCUT2D eigenvalue weighted by Gasteiger charge is -2.49. The van der Waals surface area contributed by atoms with Gasteiger partial charge in [-0.1, -0.05) is 18.6 Å². The van der Waals surface area contributed by atoms with Crippen molar-refractivity contribution < 1.29 is 33.3 Å². The molecule has 0 spiro atoms. The molecule has 2 aromatic carbocycles. The van der Waals surface area contributed by atoms with E-state index in [1.807, 2.05) is 6.08 Å². The molecule has 0 saturated carbocycles. The van der Waals surface area contributed by atoms with Crippen LogP contribution in [0.5, 0.6) is 11.8 Å². The van der Waals surface area contributed by atoms with Crippen molar-refractivity contribution in [2.24, 2.45) is 0 Å². The number of anilines is 1. The van der Waals surface area contributed by atoms with Crippen molar-refractivity contribution in [2.75, 3.05) is 44.4 Å². The van der Waals surface area contributed by atoms with E-state index >= 15 is 8.78 Å². The van der Waals surface area contributed by atoms with E-state index in [0.717, 1.165) is 43.2 Å². The predicted molar refractivity (Wildman–Crippen MR) is 205 cm³/mol. The van der Waals surface area contributed by atoms with Gasteiger partial charge in [0.2, 0.25) is 5.91 Å². The molecule has 10 nitrogen and oxygen atoms in total. The molecular formula is C42H49F2N5O5. The summed E-state index contributed by atoms with van der Waals surface area (Å²) in [5.41, 5.74) is 0.623. The fourth-order valence-electron chi connectivity index (χ4n) is 8.93. The third-order valence-electron chi connectivity index (χ3n) is 11.7. The Morgan fingerprint density at radius 3 is 2.74 bits per heavy atom. The molecule has 3 N–H and O–H groups in total. The molecule has 1 aliphatic carbocycles. The second-order valence-electron chi connectivity index (χ2n) is 15.5. The van der Waals surface area contributed by atoms with E-state index in [1.54, 1.807) is 32.0 Å². The maximum Gasteiger partial charge on any atom is 0.318 e. The van der Waals surface area contributed by atoms with Crippen LogP contribution in [0.3, 0.4) is 0 Å². The Bertz CT molecular complexity index is 2000. The summed E-state index contributed by atoms with van der Waals surface area (Å²) >= 11 is 0. The number of aromatic hydroxyl groups is 1. The van der Waals surface area contributed by atoms with Gasteiger partial charge in [-0.05, 0) is 106 Å². The number of benzene rings is 2. The fourth-order valence-corrected chi connectivity index (χ4v) is 8.93. The van der Waals surface area contributed by atoms with Crippen molar-refractivity contribution in [2.45, 2.75) is 94.6 Å². The first-order chi connectivity index (χ1) is 25.9. The number of carbonyl (C=O) groups is 1. The van der Waals surface area contributed by atoms with Gasteiger partial charge in [0.05, 0.1) is 22.4 Å². The summed E-state index contributed by atoms with van der Waals surface area (Å²) in [5, 5.41) is 26.7. The maximum atomic E-state index is 15.5. The summed E-state index contributed by atoms with van der Waals surface area (Å²) in [6.45, 7) is 9.50. The first-order valence-electron chi connectivity index (χ1n) is 19.0. The van der Waals surface area contributed by atoms with E-state index in [4.69, 9.17) is 25.9 Å². The van der Waals surface area contributed by atoms with Crippen LogP contribution in [0, 0.1) is 18.2 Å². The number of aliphatic hydroxyl groups is 1. The highest BCUT2D eigenvalue weighted by Crippen LogP contribution is 2.44.